The number of carbonyl (C=O) groups is 2. The number of carbonyl (C=O) groups excluding carboxylic acids is 2. The van der Waals surface area contributed by atoms with Crippen LogP contribution in [0, 0.1) is 5.92 Å². The fourth-order valence-corrected chi connectivity index (χ4v) is 2.61. The maximum absolute atomic E-state index is 12.4. The van der Waals surface area contributed by atoms with Crippen molar-refractivity contribution in [1.82, 2.24) is 4.72 Å². The minimum atomic E-state index is -1.45. The number of hydrogen-bond donors (Lipinski definition) is 1. The first-order chi connectivity index (χ1) is 10.7. The Balaban J connectivity index is 5.34. The maximum atomic E-state index is 12.4. The highest BCUT2D eigenvalue weighted by Gasteiger charge is 2.41. The normalized spacial score (nSPS) is 16.3. The van der Waals surface area contributed by atoms with E-state index in [2.05, 4.69) is 4.72 Å². The fourth-order valence-electron chi connectivity index (χ4n) is 1.61. The van der Waals surface area contributed by atoms with Crippen molar-refractivity contribution < 1.29 is 28.4 Å². The van der Waals surface area contributed by atoms with Gasteiger partial charge in [0.25, 0.3) is 0 Å². The Hall–Kier alpha value is -0.990. The van der Waals surface area contributed by atoms with Gasteiger partial charge in [-0.3, -0.25) is 0 Å². The molecule has 0 aliphatic carbocycles. The number of ether oxygens (including phenoxy) is 3. The van der Waals surface area contributed by atoms with E-state index >= 15 is 0 Å². The number of methoxy groups -OCH3 is 1. The highest BCUT2D eigenvalue weighted by Crippen LogP contribution is 2.20. The molecule has 8 heteroatoms. The van der Waals surface area contributed by atoms with Gasteiger partial charge < -0.3 is 18.8 Å². The summed E-state index contributed by atoms with van der Waals surface area (Å²) in [5.41, 5.74) is -0.757. The summed E-state index contributed by atoms with van der Waals surface area (Å²) in [5, 5.41) is 0. The number of esters is 1. The lowest BCUT2D eigenvalue weighted by atomic mass is 9.99. The van der Waals surface area contributed by atoms with Gasteiger partial charge in [-0.2, -0.15) is 0 Å². The van der Waals surface area contributed by atoms with Crippen LogP contribution in [0.1, 0.15) is 55.4 Å². The molecule has 0 aliphatic rings. The van der Waals surface area contributed by atoms with Crippen LogP contribution in [0.15, 0.2) is 0 Å². The lowest BCUT2D eigenvalue weighted by Crippen LogP contribution is -2.55. The second-order valence-corrected chi connectivity index (χ2v) is 9.79. The van der Waals surface area contributed by atoms with E-state index in [0.29, 0.717) is 0 Å². The predicted octanol–water partition coefficient (Wildman–Crippen LogP) is 2.56. The molecule has 0 saturated carbocycles. The summed E-state index contributed by atoms with van der Waals surface area (Å²) in [4.78, 5) is 24.0. The third kappa shape index (κ3) is 8.21. The largest absolute Gasteiger partial charge is 0.598 e. The third-order valence-corrected chi connectivity index (χ3v) is 4.49. The SMILES string of the molecule is COC(=O)[C@@H](OC(=O)OC(C)(C)C)[C@H](N[S@@+]([O-])C(C)(C)C)C(C)C. The summed E-state index contributed by atoms with van der Waals surface area (Å²) >= 11 is -1.45. The molecule has 0 aromatic heterocycles. The molecule has 0 heterocycles. The minimum absolute atomic E-state index is 0.150. The van der Waals surface area contributed by atoms with Gasteiger partial charge in [-0.15, -0.1) is 4.72 Å². The average molecular weight is 365 g/mol. The van der Waals surface area contributed by atoms with E-state index < -0.39 is 46.0 Å². The molecule has 3 atom stereocenters. The molecular weight excluding hydrogens is 334 g/mol. The van der Waals surface area contributed by atoms with E-state index in [1.165, 1.54) is 7.11 Å². The third-order valence-electron chi connectivity index (χ3n) is 2.89. The van der Waals surface area contributed by atoms with Crippen molar-refractivity contribution >= 4 is 23.5 Å². The van der Waals surface area contributed by atoms with Crippen molar-refractivity contribution in [3.05, 3.63) is 0 Å². The van der Waals surface area contributed by atoms with Crippen LogP contribution in [0.25, 0.3) is 0 Å². The van der Waals surface area contributed by atoms with Crippen LogP contribution in [0.2, 0.25) is 0 Å². The second-order valence-electron chi connectivity index (χ2n) is 7.79. The fraction of sp³-hybridized carbons (Fsp3) is 0.875. The van der Waals surface area contributed by atoms with Crippen molar-refractivity contribution in [1.29, 1.82) is 0 Å². The van der Waals surface area contributed by atoms with Gasteiger partial charge in [-0.05, 0) is 47.5 Å². The molecule has 1 N–H and O–H groups in total. The van der Waals surface area contributed by atoms with Gasteiger partial charge in [-0.25, -0.2) is 9.59 Å². The number of hydrogen-bond acceptors (Lipinski definition) is 7. The lowest BCUT2D eigenvalue weighted by molar-refractivity contribution is -0.155. The zero-order chi connectivity index (χ0) is 19.3. The Morgan fingerprint density at radius 1 is 1.08 bits per heavy atom. The first kappa shape index (κ1) is 23.0. The van der Waals surface area contributed by atoms with E-state index in [1.54, 1.807) is 41.5 Å². The molecule has 0 amide bonds. The van der Waals surface area contributed by atoms with Crippen molar-refractivity contribution in [2.45, 2.75) is 77.9 Å². The van der Waals surface area contributed by atoms with Gasteiger partial charge in [-0.1, -0.05) is 13.8 Å². The topological polar surface area (TPSA) is 96.9 Å². The van der Waals surface area contributed by atoms with Gasteiger partial charge in [0.05, 0.1) is 7.11 Å². The van der Waals surface area contributed by atoms with E-state index in [-0.39, 0.29) is 5.92 Å². The van der Waals surface area contributed by atoms with Crippen LogP contribution >= 0.6 is 0 Å². The average Bonchev–Trinajstić information content (AvgIpc) is 2.37. The molecule has 0 saturated heterocycles. The predicted molar refractivity (Wildman–Crippen MR) is 92.8 cm³/mol. The summed E-state index contributed by atoms with van der Waals surface area (Å²) < 4.78 is 29.7. The molecule has 0 aromatic carbocycles. The molecule has 24 heavy (non-hydrogen) atoms. The Labute approximate surface area is 148 Å². The monoisotopic (exact) mass is 365 g/mol. The van der Waals surface area contributed by atoms with Crippen LogP contribution in [0.5, 0.6) is 0 Å². The second kappa shape index (κ2) is 8.92. The quantitative estimate of drug-likeness (QED) is 0.570. The first-order valence-electron chi connectivity index (χ1n) is 7.84. The highest BCUT2D eigenvalue weighted by molar-refractivity contribution is 7.90. The van der Waals surface area contributed by atoms with E-state index in [1.807, 2.05) is 13.8 Å². The molecule has 0 fully saturated rings. The van der Waals surface area contributed by atoms with Gasteiger partial charge in [0.1, 0.15) is 16.4 Å². The van der Waals surface area contributed by atoms with Gasteiger partial charge in [0, 0.05) is 11.4 Å². The first-order valence-corrected chi connectivity index (χ1v) is 8.99. The van der Waals surface area contributed by atoms with E-state index in [0.717, 1.165) is 0 Å². The number of rotatable bonds is 6. The lowest BCUT2D eigenvalue weighted by Gasteiger charge is -2.32. The Morgan fingerprint density at radius 3 is 1.92 bits per heavy atom. The molecule has 0 rings (SSSR count). The van der Waals surface area contributed by atoms with Crippen molar-refractivity contribution in [2.24, 2.45) is 5.92 Å². The summed E-state index contributed by atoms with van der Waals surface area (Å²) in [6.45, 7) is 14.1. The molecule has 7 nitrogen and oxygen atoms in total. The van der Waals surface area contributed by atoms with Crippen LogP contribution in [0.4, 0.5) is 4.79 Å². The van der Waals surface area contributed by atoms with E-state index in [9.17, 15) is 14.1 Å². The standard InChI is InChI=1S/C16H31NO6S/c1-10(2)11(17-24(20)16(6,7)8)12(13(18)21-9)22-14(19)23-15(3,4)5/h10-12,17H,1-9H3/t11-,12+,24+/m1/s1. The number of nitrogens with one attached hydrogen (secondary N) is 1. The molecule has 0 unspecified atom stereocenters. The summed E-state index contributed by atoms with van der Waals surface area (Å²) in [6.07, 6.45) is -2.25. The van der Waals surface area contributed by atoms with E-state index in [4.69, 9.17) is 14.2 Å². The molecule has 0 radical (unpaired) electrons. The summed E-state index contributed by atoms with van der Waals surface area (Å²) in [6, 6.07) is -0.690. The van der Waals surface area contributed by atoms with Crippen LogP contribution in [-0.2, 0) is 30.4 Å². The van der Waals surface area contributed by atoms with Gasteiger partial charge in [0.15, 0.2) is 0 Å². The molecular formula is C16H31NO6S. The summed E-state index contributed by atoms with van der Waals surface area (Å²) in [7, 11) is 1.20. The molecule has 0 spiro atoms. The highest BCUT2D eigenvalue weighted by atomic mass is 32.2. The van der Waals surface area contributed by atoms with Crippen molar-refractivity contribution in [2.75, 3.05) is 7.11 Å². The molecule has 0 aliphatic heterocycles. The van der Waals surface area contributed by atoms with Crippen LogP contribution in [-0.4, -0.2) is 46.3 Å². The van der Waals surface area contributed by atoms with Gasteiger partial charge >= 0.3 is 12.1 Å². The maximum Gasteiger partial charge on any atom is 0.509 e. The van der Waals surface area contributed by atoms with Crippen LogP contribution in [0.3, 0.4) is 0 Å². The summed E-state index contributed by atoms with van der Waals surface area (Å²) in [5.74, 6) is -0.888. The Bertz CT molecular complexity index is 427. The van der Waals surface area contributed by atoms with Crippen molar-refractivity contribution in [3.8, 4) is 0 Å². The molecule has 142 valence electrons. The zero-order valence-corrected chi connectivity index (χ0v) is 16.9. The van der Waals surface area contributed by atoms with Crippen molar-refractivity contribution in [3.63, 3.8) is 0 Å². The van der Waals surface area contributed by atoms with Gasteiger partial charge in [0.2, 0.25) is 6.10 Å². The van der Waals surface area contributed by atoms with Crippen LogP contribution < -0.4 is 4.72 Å². The molecule has 0 bridgehead atoms. The Morgan fingerprint density at radius 2 is 1.58 bits per heavy atom. The smallest absolute Gasteiger partial charge is 0.509 e. The molecule has 0 aromatic rings. The Kier molecular flexibility index (Phi) is 8.55. The minimum Gasteiger partial charge on any atom is -0.598 e. The zero-order valence-electron chi connectivity index (χ0n) is 16.1.